The molecule has 0 nitrogen and oxygen atoms in total. The summed E-state index contributed by atoms with van der Waals surface area (Å²) in [7, 11) is 2.00. The quantitative estimate of drug-likeness (QED) is 0.105. The summed E-state index contributed by atoms with van der Waals surface area (Å²) in [6, 6.07) is 73.7. The van der Waals surface area contributed by atoms with Crippen LogP contribution in [0.25, 0.3) is 65.3 Å². The standard InChI is InChI=1S/2C20H15.C16H17Si.C4H9.Zr/c2*1-14-12-16-8-5-11-19(20(16)13-14)18-10-4-7-15-6-2-3-9-17(15)18;17-16(15-11-5-2-6-12-15)13-7-10-14-8-3-1-4-9-14;1-3-4-2;/h2*2-13H,1H3;1-6,8-12H,7,13,17H2;1,3-4H2,2H3;/q4*-1;+4. The summed E-state index contributed by atoms with van der Waals surface area (Å²) in [5.41, 5.74) is 10.6. The Kier molecular flexibility index (Phi) is 17.0. The molecule has 0 heterocycles. The molecule has 0 bridgehead atoms. The van der Waals surface area contributed by atoms with Gasteiger partial charge in [-0.15, -0.1) is 81.2 Å². The van der Waals surface area contributed by atoms with E-state index in [-0.39, 0.29) is 26.2 Å². The van der Waals surface area contributed by atoms with Crippen LogP contribution in [-0.2, 0) is 26.2 Å². The molecule has 0 aliphatic rings. The SMILES string of the molecule is Cc1cc2c(-c3cccc4ccccc34)cccc2[cH-]1.Cc1cc2c(-c3cccc4ccccc34)cccc2[cH-]1.[CH2-]CCC.[SiH2]=C(CC[CH-]c1ccccc1)c1ccccc1.[Zr+4]. The second-order valence-electron chi connectivity index (χ2n) is 15.7. The first-order valence-electron chi connectivity index (χ1n) is 21.6. The third kappa shape index (κ3) is 11.6. The van der Waals surface area contributed by atoms with Gasteiger partial charge in [-0.1, -0.05) is 183 Å². The zero-order valence-corrected chi connectivity index (χ0v) is 40.3. The molecule has 0 fully saturated rings. The fraction of sp³-hybridized carbons (Fsp3) is 0.117. The predicted molar refractivity (Wildman–Crippen MR) is 273 cm³/mol. The molecule has 10 aromatic carbocycles. The molecule has 304 valence electrons. The van der Waals surface area contributed by atoms with Crippen LogP contribution < -0.4 is 0 Å². The first kappa shape index (κ1) is 45.9. The normalized spacial score (nSPS) is 10.5. The van der Waals surface area contributed by atoms with Crippen molar-refractivity contribution in [1.82, 2.24) is 0 Å². The molecule has 62 heavy (non-hydrogen) atoms. The van der Waals surface area contributed by atoms with Crippen LogP contribution in [-0.4, -0.2) is 15.0 Å². The van der Waals surface area contributed by atoms with Gasteiger partial charge in [-0.05, 0) is 54.5 Å². The number of rotatable bonds is 8. The molecule has 0 aromatic heterocycles. The Hall–Kier alpha value is -5.66. The molecule has 0 amide bonds. The minimum absolute atomic E-state index is 0. The molecule has 0 spiro atoms. The summed E-state index contributed by atoms with van der Waals surface area (Å²) < 4.78 is 0. The minimum atomic E-state index is 0. The average molecular weight is 896 g/mol. The van der Waals surface area contributed by atoms with Gasteiger partial charge in [0.1, 0.15) is 0 Å². The van der Waals surface area contributed by atoms with Crippen molar-refractivity contribution in [3.8, 4) is 22.3 Å². The second kappa shape index (κ2) is 23.0. The van der Waals surface area contributed by atoms with Gasteiger partial charge in [0.25, 0.3) is 0 Å². The topological polar surface area (TPSA) is 0 Å². The fourth-order valence-corrected chi connectivity index (χ4v) is 8.42. The van der Waals surface area contributed by atoms with Gasteiger partial charge in [-0.25, -0.2) is 0 Å². The first-order chi connectivity index (χ1) is 29.9. The van der Waals surface area contributed by atoms with Crippen LogP contribution in [0.1, 0.15) is 54.9 Å². The van der Waals surface area contributed by atoms with Crippen LogP contribution in [0, 0.1) is 27.2 Å². The van der Waals surface area contributed by atoms with Crippen LogP contribution in [0.2, 0.25) is 0 Å². The van der Waals surface area contributed by atoms with Crippen molar-refractivity contribution in [3.63, 3.8) is 0 Å². The third-order valence-corrected chi connectivity index (χ3v) is 11.9. The van der Waals surface area contributed by atoms with Gasteiger partial charge in [0, 0.05) is 0 Å². The van der Waals surface area contributed by atoms with Gasteiger partial charge in [0.05, 0.1) is 0 Å². The van der Waals surface area contributed by atoms with Crippen LogP contribution >= 0.6 is 0 Å². The summed E-state index contributed by atoms with van der Waals surface area (Å²) in [6.45, 7) is 10.0. The summed E-state index contributed by atoms with van der Waals surface area (Å²) in [4.78, 5) is 0. The van der Waals surface area contributed by atoms with E-state index in [4.69, 9.17) is 0 Å². The number of benzene rings is 8. The smallest absolute Gasteiger partial charge is 0.343 e. The maximum absolute atomic E-state index is 3.60. The number of hydrogen-bond acceptors (Lipinski definition) is 0. The number of fused-ring (bicyclic) bond motifs is 4. The predicted octanol–water partition coefficient (Wildman–Crippen LogP) is 15.9. The Morgan fingerprint density at radius 1 is 0.500 bits per heavy atom. The van der Waals surface area contributed by atoms with Gasteiger partial charge in [0.2, 0.25) is 0 Å². The molecule has 0 N–H and O–H groups in total. The van der Waals surface area contributed by atoms with E-state index in [1.54, 1.807) is 0 Å². The Balaban J connectivity index is 0.000000148. The maximum Gasteiger partial charge on any atom is 4.00 e. The van der Waals surface area contributed by atoms with Gasteiger partial charge < -0.3 is 6.92 Å². The first-order valence-corrected chi connectivity index (χ1v) is 22.3. The molecule has 0 aliphatic carbocycles. The summed E-state index contributed by atoms with van der Waals surface area (Å²) >= 11 is 0. The van der Waals surface area contributed by atoms with Gasteiger partial charge in [-0.3, -0.25) is 0 Å². The molecule has 0 unspecified atom stereocenters. The molecule has 2 heteroatoms. The molecule has 0 radical (unpaired) electrons. The summed E-state index contributed by atoms with van der Waals surface area (Å²) in [5, 5.41) is 12.1. The fourth-order valence-electron chi connectivity index (χ4n) is 7.98. The Bertz CT molecular complexity index is 2780. The van der Waals surface area contributed by atoms with E-state index < -0.39 is 0 Å². The number of hydrogen-bond donors (Lipinski definition) is 0. The average Bonchev–Trinajstić information content (AvgIpc) is 3.90. The third-order valence-electron chi connectivity index (χ3n) is 11.1. The zero-order valence-electron chi connectivity index (χ0n) is 36.4. The van der Waals surface area contributed by atoms with Gasteiger partial charge in [-0.2, -0.15) is 42.7 Å². The van der Waals surface area contributed by atoms with Crippen molar-refractivity contribution in [2.45, 2.75) is 46.5 Å². The van der Waals surface area contributed by atoms with Crippen molar-refractivity contribution in [2.75, 3.05) is 0 Å². The van der Waals surface area contributed by atoms with Crippen molar-refractivity contribution in [1.29, 1.82) is 0 Å². The maximum atomic E-state index is 3.60. The zero-order chi connectivity index (χ0) is 42.4. The minimum Gasteiger partial charge on any atom is -0.343 e. The van der Waals surface area contributed by atoms with Crippen molar-refractivity contribution < 1.29 is 26.2 Å². The van der Waals surface area contributed by atoms with E-state index in [1.165, 1.54) is 99.2 Å². The molecule has 0 atom stereocenters. The molecule has 10 rings (SSSR count). The molecule has 10 aromatic rings. The monoisotopic (exact) mass is 894 g/mol. The molecule has 0 saturated heterocycles. The molecule has 0 saturated carbocycles. The van der Waals surface area contributed by atoms with E-state index in [1.807, 2.05) is 9.85 Å². The largest absolute Gasteiger partial charge is 4.00 e. The Labute approximate surface area is 392 Å². The van der Waals surface area contributed by atoms with E-state index in [0.717, 1.165) is 19.3 Å². The number of unbranched alkanes of at least 4 members (excludes halogenated alkanes) is 1. The number of aryl methyl sites for hydroxylation is 2. The van der Waals surface area contributed by atoms with E-state index in [0.29, 0.717) is 0 Å². The second-order valence-corrected chi connectivity index (χ2v) is 16.6. The van der Waals surface area contributed by atoms with Crippen molar-refractivity contribution in [2.24, 2.45) is 0 Å². The molecular formula is C60H56SiZr. The Morgan fingerprint density at radius 3 is 1.35 bits per heavy atom. The summed E-state index contributed by atoms with van der Waals surface area (Å²) in [6.07, 6.45) is 6.83. The molecule has 0 aliphatic heterocycles. The van der Waals surface area contributed by atoms with Crippen molar-refractivity contribution >= 4 is 58.1 Å². The van der Waals surface area contributed by atoms with Gasteiger partial charge in [0.15, 0.2) is 0 Å². The molecular weight excluding hydrogens is 840 g/mol. The van der Waals surface area contributed by atoms with Crippen LogP contribution in [0.3, 0.4) is 0 Å². The van der Waals surface area contributed by atoms with E-state index in [9.17, 15) is 0 Å². The van der Waals surface area contributed by atoms with Crippen molar-refractivity contribution in [3.05, 3.63) is 242 Å². The van der Waals surface area contributed by atoms with E-state index in [2.05, 4.69) is 240 Å². The summed E-state index contributed by atoms with van der Waals surface area (Å²) in [5.74, 6) is 0. The van der Waals surface area contributed by atoms with Gasteiger partial charge >= 0.3 is 26.2 Å². The Morgan fingerprint density at radius 2 is 0.887 bits per heavy atom. The van der Waals surface area contributed by atoms with Crippen LogP contribution in [0.5, 0.6) is 0 Å². The van der Waals surface area contributed by atoms with Crippen LogP contribution in [0.4, 0.5) is 0 Å². The van der Waals surface area contributed by atoms with E-state index >= 15 is 0 Å². The van der Waals surface area contributed by atoms with Crippen LogP contribution in [0.15, 0.2) is 206 Å².